The van der Waals surface area contributed by atoms with Gasteiger partial charge in [-0.2, -0.15) is 0 Å². The number of ether oxygens (including phenoxy) is 2. The Morgan fingerprint density at radius 2 is 2.08 bits per heavy atom. The smallest absolute Gasteiger partial charge is 0.193 e. The van der Waals surface area contributed by atoms with Crippen LogP contribution in [0, 0.1) is 5.92 Å². The molecule has 1 aliphatic rings. The fourth-order valence-corrected chi connectivity index (χ4v) is 2.35. The van der Waals surface area contributed by atoms with E-state index < -0.39 is 0 Å². The molecule has 1 aromatic carbocycles. The summed E-state index contributed by atoms with van der Waals surface area (Å²) in [6, 6.07) is 8.09. The zero-order chi connectivity index (χ0) is 16.5. The summed E-state index contributed by atoms with van der Waals surface area (Å²) < 4.78 is 11.3. The summed E-state index contributed by atoms with van der Waals surface area (Å²) in [6.45, 7) is 5.84. The van der Waals surface area contributed by atoms with Crippen LogP contribution in [0.3, 0.4) is 0 Å². The van der Waals surface area contributed by atoms with Crippen LogP contribution in [-0.2, 0) is 11.3 Å². The maximum atomic E-state index is 5.69. The first kappa shape index (κ1) is 21.0. The van der Waals surface area contributed by atoms with E-state index in [4.69, 9.17) is 9.47 Å². The van der Waals surface area contributed by atoms with Crippen LogP contribution in [0.2, 0.25) is 0 Å². The number of para-hydroxylation sites is 1. The average Bonchev–Trinajstić information content (AvgIpc) is 3.38. The molecule has 1 saturated carbocycles. The highest BCUT2D eigenvalue weighted by Gasteiger charge is 2.21. The van der Waals surface area contributed by atoms with Gasteiger partial charge >= 0.3 is 0 Å². The molecule has 0 amide bonds. The highest BCUT2D eigenvalue weighted by atomic mass is 127. The molecular formula is C18H30IN3O2. The van der Waals surface area contributed by atoms with Gasteiger partial charge in [-0.05, 0) is 31.7 Å². The highest BCUT2D eigenvalue weighted by molar-refractivity contribution is 14.0. The molecule has 6 heteroatoms. The standard InChI is InChI=1S/C18H29N3O2.HI/c1-4-23-17-8-6-5-7-16(17)13-20-18(19-2)21(3)11-12-22-14-15-9-10-15;/h5-8,15H,4,9-14H2,1-3H3,(H,19,20);1H. The van der Waals surface area contributed by atoms with Crippen LogP contribution in [-0.4, -0.2) is 51.3 Å². The number of halogens is 1. The molecule has 0 aromatic heterocycles. The van der Waals surface area contributed by atoms with E-state index in [-0.39, 0.29) is 24.0 Å². The number of hydrogen-bond donors (Lipinski definition) is 1. The highest BCUT2D eigenvalue weighted by Crippen LogP contribution is 2.28. The molecule has 0 radical (unpaired) electrons. The van der Waals surface area contributed by atoms with Crippen molar-refractivity contribution >= 4 is 29.9 Å². The minimum absolute atomic E-state index is 0. The quantitative estimate of drug-likeness (QED) is 0.274. The van der Waals surface area contributed by atoms with Gasteiger partial charge in [0, 0.05) is 39.4 Å². The Hall–Kier alpha value is -1.02. The van der Waals surface area contributed by atoms with Crippen molar-refractivity contribution in [1.82, 2.24) is 10.2 Å². The minimum atomic E-state index is 0. The SMILES string of the molecule is CCOc1ccccc1CNC(=NC)N(C)CCOCC1CC1.I. The molecule has 0 atom stereocenters. The lowest BCUT2D eigenvalue weighted by atomic mass is 10.2. The van der Waals surface area contributed by atoms with Crippen molar-refractivity contribution in [3.8, 4) is 5.75 Å². The molecule has 0 saturated heterocycles. The molecule has 136 valence electrons. The summed E-state index contributed by atoms with van der Waals surface area (Å²) >= 11 is 0. The molecule has 1 fully saturated rings. The summed E-state index contributed by atoms with van der Waals surface area (Å²) in [5, 5.41) is 3.39. The van der Waals surface area contributed by atoms with E-state index in [9.17, 15) is 0 Å². The molecule has 24 heavy (non-hydrogen) atoms. The number of likely N-dealkylation sites (N-methyl/N-ethyl adjacent to an activating group) is 1. The Morgan fingerprint density at radius 3 is 2.75 bits per heavy atom. The van der Waals surface area contributed by atoms with Crippen molar-refractivity contribution in [3.05, 3.63) is 29.8 Å². The first-order valence-corrected chi connectivity index (χ1v) is 8.44. The lowest BCUT2D eigenvalue weighted by Crippen LogP contribution is -2.40. The maximum absolute atomic E-state index is 5.69. The number of aliphatic imine (C=N–C) groups is 1. The van der Waals surface area contributed by atoms with Gasteiger partial charge < -0.3 is 19.7 Å². The molecule has 0 unspecified atom stereocenters. The first-order chi connectivity index (χ1) is 11.2. The van der Waals surface area contributed by atoms with Gasteiger partial charge in [0.2, 0.25) is 0 Å². The number of hydrogen-bond acceptors (Lipinski definition) is 3. The van der Waals surface area contributed by atoms with Crippen molar-refractivity contribution in [2.45, 2.75) is 26.3 Å². The maximum Gasteiger partial charge on any atom is 0.193 e. The van der Waals surface area contributed by atoms with Crippen molar-refractivity contribution < 1.29 is 9.47 Å². The van der Waals surface area contributed by atoms with Crippen LogP contribution >= 0.6 is 24.0 Å². The molecule has 0 spiro atoms. The topological polar surface area (TPSA) is 46.1 Å². The van der Waals surface area contributed by atoms with Gasteiger partial charge in [-0.25, -0.2) is 0 Å². The van der Waals surface area contributed by atoms with Crippen molar-refractivity contribution in [2.75, 3.05) is 40.5 Å². The van der Waals surface area contributed by atoms with Crippen LogP contribution in [0.1, 0.15) is 25.3 Å². The van der Waals surface area contributed by atoms with E-state index >= 15 is 0 Å². The van der Waals surface area contributed by atoms with Crippen LogP contribution in [0.4, 0.5) is 0 Å². The minimum Gasteiger partial charge on any atom is -0.494 e. The number of nitrogens with one attached hydrogen (secondary N) is 1. The Labute approximate surface area is 162 Å². The van der Waals surface area contributed by atoms with Crippen LogP contribution in [0.5, 0.6) is 5.75 Å². The zero-order valence-corrected chi connectivity index (χ0v) is 17.3. The van der Waals surface area contributed by atoms with E-state index in [1.807, 2.05) is 32.2 Å². The lowest BCUT2D eigenvalue weighted by Gasteiger charge is -2.22. The predicted molar refractivity (Wildman–Crippen MR) is 109 cm³/mol. The summed E-state index contributed by atoms with van der Waals surface area (Å²) in [6.07, 6.45) is 2.66. The molecule has 2 rings (SSSR count). The monoisotopic (exact) mass is 447 g/mol. The zero-order valence-electron chi connectivity index (χ0n) is 15.0. The molecule has 0 aliphatic heterocycles. The molecule has 1 N–H and O–H groups in total. The fraction of sp³-hybridized carbons (Fsp3) is 0.611. The van der Waals surface area contributed by atoms with Gasteiger partial charge in [0.15, 0.2) is 5.96 Å². The molecular weight excluding hydrogens is 417 g/mol. The van der Waals surface area contributed by atoms with Gasteiger partial charge in [-0.1, -0.05) is 18.2 Å². The van der Waals surface area contributed by atoms with Crippen LogP contribution in [0.25, 0.3) is 0 Å². The Balaban J connectivity index is 0.00000288. The van der Waals surface area contributed by atoms with Gasteiger partial charge in [0.25, 0.3) is 0 Å². The third-order valence-corrected chi connectivity index (χ3v) is 3.90. The average molecular weight is 447 g/mol. The number of nitrogens with zero attached hydrogens (tertiary/aromatic N) is 2. The van der Waals surface area contributed by atoms with Gasteiger partial charge in [0.05, 0.1) is 13.2 Å². The van der Waals surface area contributed by atoms with Gasteiger partial charge in [-0.3, -0.25) is 4.99 Å². The molecule has 0 heterocycles. The molecule has 1 aliphatic carbocycles. The molecule has 1 aromatic rings. The Morgan fingerprint density at radius 1 is 1.33 bits per heavy atom. The largest absolute Gasteiger partial charge is 0.494 e. The number of benzene rings is 1. The second-order valence-electron chi connectivity index (χ2n) is 5.88. The first-order valence-electron chi connectivity index (χ1n) is 8.44. The summed E-state index contributed by atoms with van der Waals surface area (Å²) in [5.74, 6) is 2.60. The summed E-state index contributed by atoms with van der Waals surface area (Å²) in [5.41, 5.74) is 1.13. The van der Waals surface area contributed by atoms with E-state index in [1.165, 1.54) is 12.8 Å². The van der Waals surface area contributed by atoms with E-state index in [2.05, 4.69) is 21.3 Å². The third kappa shape index (κ3) is 7.25. The van der Waals surface area contributed by atoms with Crippen LogP contribution < -0.4 is 10.1 Å². The van der Waals surface area contributed by atoms with Crippen molar-refractivity contribution in [3.63, 3.8) is 0 Å². The molecule has 0 bridgehead atoms. The number of rotatable bonds is 9. The summed E-state index contributed by atoms with van der Waals surface area (Å²) in [4.78, 5) is 6.43. The van der Waals surface area contributed by atoms with Crippen molar-refractivity contribution in [1.29, 1.82) is 0 Å². The van der Waals surface area contributed by atoms with E-state index in [1.54, 1.807) is 7.05 Å². The Kier molecular flexibility index (Phi) is 10.1. The summed E-state index contributed by atoms with van der Waals surface area (Å²) in [7, 11) is 3.84. The van der Waals surface area contributed by atoms with E-state index in [0.29, 0.717) is 13.2 Å². The fourth-order valence-electron chi connectivity index (χ4n) is 2.35. The Bertz CT molecular complexity index is 507. The second-order valence-corrected chi connectivity index (χ2v) is 5.88. The second kappa shape index (κ2) is 11.5. The molecule has 5 nitrogen and oxygen atoms in total. The third-order valence-electron chi connectivity index (χ3n) is 3.90. The van der Waals surface area contributed by atoms with Crippen molar-refractivity contribution in [2.24, 2.45) is 10.9 Å². The van der Waals surface area contributed by atoms with E-state index in [0.717, 1.165) is 42.9 Å². The van der Waals surface area contributed by atoms with Gasteiger partial charge in [-0.15, -0.1) is 24.0 Å². The predicted octanol–water partition coefficient (Wildman–Crippen LogP) is 3.14. The normalized spacial score (nSPS) is 14.0. The van der Waals surface area contributed by atoms with Gasteiger partial charge in [0.1, 0.15) is 5.75 Å². The lowest BCUT2D eigenvalue weighted by molar-refractivity contribution is 0.115. The van der Waals surface area contributed by atoms with Crippen LogP contribution in [0.15, 0.2) is 29.3 Å². The number of guanidine groups is 1.